The van der Waals surface area contributed by atoms with Gasteiger partial charge in [-0.1, -0.05) is 13.8 Å². The summed E-state index contributed by atoms with van der Waals surface area (Å²) in [6.45, 7) is 4.30. The Morgan fingerprint density at radius 1 is 1.46 bits per heavy atom. The average molecular weight is 387 g/mol. The fourth-order valence-electron chi connectivity index (χ4n) is 2.53. The molecule has 2 amide bonds. The van der Waals surface area contributed by atoms with Crippen molar-refractivity contribution >= 4 is 35.6 Å². The Bertz CT molecular complexity index is 710. The molecule has 144 valence electrons. The summed E-state index contributed by atoms with van der Waals surface area (Å²) in [4.78, 5) is 37.8. The number of fused-ring (bicyclic) bond motifs is 1. The molecular formula is C16H23ClN4O5. The number of carbonyl (C=O) groups excluding carboxylic acids is 2. The van der Waals surface area contributed by atoms with Crippen molar-refractivity contribution in [3.63, 3.8) is 0 Å². The number of anilines is 1. The Morgan fingerprint density at radius 2 is 2.12 bits per heavy atom. The zero-order valence-electron chi connectivity index (χ0n) is 14.9. The summed E-state index contributed by atoms with van der Waals surface area (Å²) in [7, 11) is 1.64. The predicted octanol–water partition coefficient (Wildman–Crippen LogP) is 1.19. The molecule has 0 radical (unpaired) electrons. The van der Waals surface area contributed by atoms with E-state index in [1.165, 1.54) is 28.0 Å². The van der Waals surface area contributed by atoms with E-state index in [9.17, 15) is 19.7 Å². The van der Waals surface area contributed by atoms with E-state index in [4.69, 9.17) is 10.5 Å². The fraction of sp³-hybridized carbons (Fsp3) is 0.500. The number of non-ortho nitro benzene ring substituents is 1. The molecule has 26 heavy (non-hydrogen) atoms. The number of hydrogen-bond acceptors (Lipinski definition) is 6. The fourth-order valence-corrected chi connectivity index (χ4v) is 2.53. The maximum Gasteiger partial charge on any atom is 0.271 e. The van der Waals surface area contributed by atoms with Gasteiger partial charge in [0.25, 0.3) is 11.6 Å². The Balaban J connectivity index is 0.00000338. The summed E-state index contributed by atoms with van der Waals surface area (Å²) in [6, 6.07) is 3.96. The molecule has 2 rings (SSSR count). The largest absolute Gasteiger partial charge is 0.482 e. The Hall–Kier alpha value is -2.39. The highest BCUT2D eigenvalue weighted by Gasteiger charge is 2.31. The minimum absolute atomic E-state index is 0. The number of nitro benzene ring substituents is 1. The van der Waals surface area contributed by atoms with Gasteiger partial charge in [0.1, 0.15) is 12.3 Å². The highest BCUT2D eigenvalue weighted by atomic mass is 35.5. The van der Waals surface area contributed by atoms with E-state index in [1.54, 1.807) is 7.05 Å². The number of rotatable bonds is 6. The molecule has 0 fully saturated rings. The molecule has 1 aliphatic rings. The maximum absolute atomic E-state index is 12.5. The van der Waals surface area contributed by atoms with E-state index in [2.05, 4.69) is 0 Å². The molecule has 1 heterocycles. The molecule has 9 nitrogen and oxygen atoms in total. The SMILES string of the molecule is CN(CC(C)(C)CN)C(=O)CN1C(=O)COc2ccc([N+](=O)[O-])cc21.Cl. The number of likely N-dealkylation sites (N-methyl/N-ethyl adjacent to an activating group) is 1. The molecule has 10 heteroatoms. The van der Waals surface area contributed by atoms with Crippen LogP contribution in [0.15, 0.2) is 18.2 Å². The van der Waals surface area contributed by atoms with Gasteiger partial charge in [0.05, 0.1) is 10.6 Å². The lowest BCUT2D eigenvalue weighted by Crippen LogP contribution is -2.48. The molecule has 1 aromatic rings. The molecule has 0 bridgehead atoms. The zero-order chi connectivity index (χ0) is 18.8. The highest BCUT2D eigenvalue weighted by Crippen LogP contribution is 2.35. The first kappa shape index (κ1) is 21.7. The number of benzene rings is 1. The van der Waals surface area contributed by atoms with E-state index in [1.807, 2.05) is 13.8 Å². The standard InChI is InChI=1S/C16H22N4O5.ClH/c1-16(2,9-17)10-18(3)14(21)7-19-12-6-11(20(23)24)4-5-13(12)25-8-15(19)22;/h4-6H,7-10,17H2,1-3H3;1H. The molecule has 0 unspecified atom stereocenters. The first-order chi connectivity index (χ1) is 11.6. The van der Waals surface area contributed by atoms with E-state index in [0.29, 0.717) is 18.8 Å². The number of halogens is 1. The van der Waals surface area contributed by atoms with Gasteiger partial charge >= 0.3 is 0 Å². The van der Waals surface area contributed by atoms with Gasteiger partial charge < -0.3 is 15.4 Å². The lowest BCUT2D eigenvalue weighted by Gasteiger charge is -2.32. The van der Waals surface area contributed by atoms with E-state index < -0.39 is 10.8 Å². The number of carbonyl (C=O) groups is 2. The third-order valence-electron chi connectivity index (χ3n) is 4.03. The van der Waals surface area contributed by atoms with Gasteiger partial charge in [-0.15, -0.1) is 12.4 Å². The van der Waals surface area contributed by atoms with Gasteiger partial charge in [-0.2, -0.15) is 0 Å². The maximum atomic E-state index is 12.5. The quantitative estimate of drug-likeness (QED) is 0.579. The van der Waals surface area contributed by atoms with Crippen LogP contribution >= 0.6 is 12.4 Å². The van der Waals surface area contributed by atoms with Crippen LogP contribution in [0.1, 0.15) is 13.8 Å². The number of nitrogens with two attached hydrogens (primary N) is 1. The first-order valence-electron chi connectivity index (χ1n) is 7.80. The molecule has 0 saturated carbocycles. The van der Waals surface area contributed by atoms with Crippen molar-refractivity contribution in [2.24, 2.45) is 11.1 Å². The second-order valence-electron chi connectivity index (χ2n) is 6.80. The summed E-state index contributed by atoms with van der Waals surface area (Å²) >= 11 is 0. The van der Waals surface area contributed by atoms with Crippen LogP contribution in [0.2, 0.25) is 0 Å². The molecule has 0 spiro atoms. The average Bonchev–Trinajstić information content (AvgIpc) is 2.56. The van der Waals surface area contributed by atoms with Crippen LogP contribution in [0.25, 0.3) is 0 Å². The zero-order valence-corrected chi connectivity index (χ0v) is 15.7. The van der Waals surface area contributed by atoms with Crippen molar-refractivity contribution < 1.29 is 19.2 Å². The second kappa shape index (κ2) is 8.33. The van der Waals surface area contributed by atoms with Crippen LogP contribution in [0.3, 0.4) is 0 Å². The molecule has 0 aliphatic carbocycles. The van der Waals surface area contributed by atoms with Crippen LogP contribution in [-0.2, 0) is 9.59 Å². The predicted molar refractivity (Wildman–Crippen MR) is 98.7 cm³/mol. The number of ether oxygens (including phenoxy) is 1. The molecule has 1 aromatic carbocycles. The van der Waals surface area contributed by atoms with Crippen LogP contribution in [-0.4, -0.2) is 54.9 Å². The third kappa shape index (κ3) is 4.83. The number of hydrogen-bond donors (Lipinski definition) is 1. The van der Waals surface area contributed by atoms with Crippen LogP contribution in [0.5, 0.6) is 5.75 Å². The van der Waals surface area contributed by atoms with Gasteiger partial charge in [-0.05, 0) is 18.0 Å². The number of nitro groups is 1. The van der Waals surface area contributed by atoms with Gasteiger partial charge in [0, 0.05) is 25.7 Å². The molecule has 2 N–H and O–H groups in total. The first-order valence-corrected chi connectivity index (χ1v) is 7.80. The second-order valence-corrected chi connectivity index (χ2v) is 6.80. The molecule has 1 aliphatic heterocycles. The third-order valence-corrected chi connectivity index (χ3v) is 4.03. The summed E-state index contributed by atoms with van der Waals surface area (Å²) in [5.74, 6) is -0.370. The van der Waals surface area contributed by atoms with Crippen molar-refractivity contribution in [3.8, 4) is 5.75 Å². The molecule has 0 atom stereocenters. The summed E-state index contributed by atoms with van der Waals surface area (Å²) in [5, 5.41) is 11.0. The normalized spacial score (nSPS) is 13.4. The summed E-state index contributed by atoms with van der Waals surface area (Å²) in [6.07, 6.45) is 0. The number of amides is 2. The van der Waals surface area contributed by atoms with Crippen molar-refractivity contribution in [2.75, 3.05) is 38.2 Å². The van der Waals surface area contributed by atoms with Gasteiger partial charge in [0.2, 0.25) is 5.91 Å². The van der Waals surface area contributed by atoms with Crippen molar-refractivity contribution in [2.45, 2.75) is 13.8 Å². The van der Waals surface area contributed by atoms with Gasteiger partial charge in [0.15, 0.2) is 6.61 Å². The lowest BCUT2D eigenvalue weighted by molar-refractivity contribution is -0.384. The van der Waals surface area contributed by atoms with E-state index >= 15 is 0 Å². The van der Waals surface area contributed by atoms with Gasteiger partial charge in [-0.3, -0.25) is 24.6 Å². The van der Waals surface area contributed by atoms with Gasteiger partial charge in [-0.25, -0.2) is 0 Å². The minimum Gasteiger partial charge on any atom is -0.482 e. The lowest BCUT2D eigenvalue weighted by atomic mass is 9.93. The molecule has 0 aromatic heterocycles. The van der Waals surface area contributed by atoms with E-state index in [-0.39, 0.29) is 48.3 Å². The Labute approximate surface area is 157 Å². The van der Waals surface area contributed by atoms with Crippen molar-refractivity contribution in [3.05, 3.63) is 28.3 Å². The summed E-state index contributed by atoms with van der Waals surface area (Å²) in [5.41, 5.74) is 5.49. The molecular weight excluding hydrogens is 364 g/mol. The summed E-state index contributed by atoms with van der Waals surface area (Å²) < 4.78 is 5.29. The molecule has 0 saturated heterocycles. The van der Waals surface area contributed by atoms with Crippen LogP contribution in [0, 0.1) is 15.5 Å². The highest BCUT2D eigenvalue weighted by molar-refractivity contribution is 6.02. The topological polar surface area (TPSA) is 119 Å². The van der Waals surface area contributed by atoms with Crippen molar-refractivity contribution in [1.82, 2.24) is 4.90 Å². The monoisotopic (exact) mass is 386 g/mol. The van der Waals surface area contributed by atoms with Crippen LogP contribution in [0.4, 0.5) is 11.4 Å². The smallest absolute Gasteiger partial charge is 0.271 e. The Morgan fingerprint density at radius 3 is 2.69 bits per heavy atom. The number of nitrogens with zero attached hydrogens (tertiary/aromatic N) is 3. The van der Waals surface area contributed by atoms with E-state index in [0.717, 1.165) is 0 Å². The van der Waals surface area contributed by atoms with Crippen molar-refractivity contribution in [1.29, 1.82) is 0 Å². The minimum atomic E-state index is -0.560. The Kier molecular flexibility index (Phi) is 6.93. The van der Waals surface area contributed by atoms with Crippen LogP contribution < -0.4 is 15.4 Å².